The fourth-order valence-corrected chi connectivity index (χ4v) is 7.47. The highest BCUT2D eigenvalue weighted by Crippen LogP contribution is 2.54. The highest BCUT2D eigenvalue weighted by atomic mass is 16.5. The molecule has 0 spiro atoms. The SMILES string of the molecule is COC(=O)c1ccc2c(c1)C(=O)N(c1ccc(C3(C)CC(C)(C)c4ccc(N5C(=O)c6ccc(C(=O)OC)cc6C5=O)cc43)cc1)C2=O. The van der Waals surface area contributed by atoms with Crippen LogP contribution in [0.2, 0.25) is 0 Å². The van der Waals surface area contributed by atoms with Crippen molar-refractivity contribution in [1.82, 2.24) is 0 Å². The fraction of sp³-hybridized carbons (Fsp3) is 0.211. The van der Waals surface area contributed by atoms with Crippen LogP contribution in [0.15, 0.2) is 78.9 Å². The molecule has 7 rings (SSSR count). The summed E-state index contributed by atoms with van der Waals surface area (Å²) < 4.78 is 9.54. The van der Waals surface area contributed by atoms with Crippen molar-refractivity contribution >= 4 is 46.9 Å². The molecule has 0 fully saturated rings. The number of anilines is 2. The third kappa shape index (κ3) is 4.32. The van der Waals surface area contributed by atoms with Crippen molar-refractivity contribution in [1.29, 1.82) is 0 Å². The Morgan fingerprint density at radius 3 is 1.52 bits per heavy atom. The Bertz CT molecular complexity index is 2150. The van der Waals surface area contributed by atoms with Crippen LogP contribution in [0.3, 0.4) is 0 Å². The molecule has 1 unspecified atom stereocenters. The average Bonchev–Trinajstić information content (AvgIpc) is 3.58. The summed E-state index contributed by atoms with van der Waals surface area (Å²) in [5.74, 6) is -3.22. The molecule has 0 saturated carbocycles. The topological polar surface area (TPSA) is 127 Å². The predicted octanol–water partition coefficient (Wildman–Crippen LogP) is 5.85. The molecule has 0 radical (unpaired) electrons. The van der Waals surface area contributed by atoms with E-state index in [4.69, 9.17) is 9.47 Å². The minimum Gasteiger partial charge on any atom is -0.465 e. The zero-order chi connectivity index (χ0) is 34.3. The minimum absolute atomic E-state index is 0.132. The Morgan fingerprint density at radius 2 is 1.02 bits per heavy atom. The number of rotatable bonds is 5. The van der Waals surface area contributed by atoms with E-state index in [-0.39, 0.29) is 38.8 Å². The summed E-state index contributed by atoms with van der Waals surface area (Å²) >= 11 is 0. The zero-order valence-electron chi connectivity index (χ0n) is 26.9. The molecule has 4 aromatic rings. The molecule has 240 valence electrons. The Hall–Kier alpha value is -5.90. The summed E-state index contributed by atoms with van der Waals surface area (Å²) in [4.78, 5) is 80.0. The van der Waals surface area contributed by atoms with Gasteiger partial charge in [-0.05, 0) is 89.2 Å². The van der Waals surface area contributed by atoms with Gasteiger partial charge in [0.1, 0.15) is 0 Å². The van der Waals surface area contributed by atoms with Gasteiger partial charge in [0.05, 0.1) is 59.0 Å². The van der Waals surface area contributed by atoms with Gasteiger partial charge < -0.3 is 9.47 Å². The Labute approximate surface area is 275 Å². The van der Waals surface area contributed by atoms with E-state index in [1.807, 2.05) is 24.3 Å². The molecule has 10 heteroatoms. The van der Waals surface area contributed by atoms with E-state index in [9.17, 15) is 28.8 Å². The van der Waals surface area contributed by atoms with Crippen LogP contribution in [0, 0.1) is 0 Å². The van der Waals surface area contributed by atoms with E-state index in [1.165, 1.54) is 50.6 Å². The van der Waals surface area contributed by atoms with E-state index < -0.39 is 41.0 Å². The maximum Gasteiger partial charge on any atom is 0.337 e. The number of methoxy groups -OCH3 is 2. The molecule has 10 nitrogen and oxygen atoms in total. The second kappa shape index (κ2) is 10.6. The van der Waals surface area contributed by atoms with Crippen LogP contribution in [0.4, 0.5) is 11.4 Å². The van der Waals surface area contributed by atoms with Gasteiger partial charge in [-0.2, -0.15) is 0 Å². The number of fused-ring (bicyclic) bond motifs is 3. The zero-order valence-corrected chi connectivity index (χ0v) is 26.9. The lowest BCUT2D eigenvalue weighted by atomic mass is 9.75. The van der Waals surface area contributed by atoms with E-state index in [0.717, 1.165) is 26.5 Å². The molecule has 2 aliphatic heterocycles. The predicted molar refractivity (Wildman–Crippen MR) is 175 cm³/mol. The van der Waals surface area contributed by atoms with Gasteiger partial charge in [-0.3, -0.25) is 19.2 Å². The van der Waals surface area contributed by atoms with Crippen LogP contribution < -0.4 is 9.80 Å². The summed E-state index contributed by atoms with van der Waals surface area (Å²) in [7, 11) is 2.49. The van der Waals surface area contributed by atoms with Crippen molar-refractivity contribution in [3.05, 3.63) is 129 Å². The van der Waals surface area contributed by atoms with Crippen LogP contribution in [0.1, 0.15) is 106 Å². The van der Waals surface area contributed by atoms with E-state index >= 15 is 0 Å². The Morgan fingerprint density at radius 1 is 0.562 bits per heavy atom. The van der Waals surface area contributed by atoms with Gasteiger partial charge in [-0.15, -0.1) is 0 Å². The first-order valence-electron chi connectivity index (χ1n) is 15.3. The van der Waals surface area contributed by atoms with E-state index in [0.29, 0.717) is 17.8 Å². The van der Waals surface area contributed by atoms with Gasteiger partial charge in [0.2, 0.25) is 0 Å². The van der Waals surface area contributed by atoms with Gasteiger partial charge in [0, 0.05) is 5.41 Å². The van der Waals surface area contributed by atoms with E-state index in [1.54, 1.807) is 18.2 Å². The summed E-state index contributed by atoms with van der Waals surface area (Å²) in [6, 6.07) is 21.4. The lowest BCUT2D eigenvalue weighted by molar-refractivity contribution is 0.0591. The first kappa shape index (κ1) is 30.7. The summed E-state index contributed by atoms with van der Waals surface area (Å²) in [6.07, 6.45) is 0.714. The maximum atomic E-state index is 13.6. The Balaban J connectivity index is 1.22. The molecule has 1 atom stereocenters. The number of hydrogen-bond acceptors (Lipinski definition) is 8. The first-order chi connectivity index (χ1) is 22.8. The number of carbonyl (C=O) groups is 6. The van der Waals surface area contributed by atoms with Crippen LogP contribution in [-0.4, -0.2) is 49.8 Å². The molecule has 0 N–H and O–H groups in total. The van der Waals surface area contributed by atoms with Crippen molar-refractivity contribution in [2.24, 2.45) is 0 Å². The maximum absolute atomic E-state index is 13.6. The van der Waals surface area contributed by atoms with Gasteiger partial charge >= 0.3 is 11.9 Å². The molecule has 4 aromatic carbocycles. The van der Waals surface area contributed by atoms with Crippen LogP contribution in [0.25, 0.3) is 0 Å². The first-order valence-corrected chi connectivity index (χ1v) is 15.3. The lowest BCUT2D eigenvalue weighted by Crippen LogP contribution is -2.30. The third-order valence-electron chi connectivity index (χ3n) is 9.76. The van der Waals surface area contributed by atoms with Crippen LogP contribution in [-0.2, 0) is 20.3 Å². The van der Waals surface area contributed by atoms with Crippen molar-refractivity contribution in [3.8, 4) is 0 Å². The number of carbonyl (C=O) groups excluding carboxylic acids is 6. The number of benzene rings is 4. The monoisotopic (exact) mass is 642 g/mol. The number of nitrogens with zero attached hydrogens (tertiary/aromatic N) is 2. The molecule has 4 amide bonds. The standard InChI is InChI=1S/C38H30N2O8/c1-37(2)19-38(3,22-8-10-23(11-9-22)39-31(41)25-13-6-20(35(45)47-4)16-27(25)33(39)43)30-18-24(12-15-29(30)37)40-32(42)26-14-7-21(36(46)48-5)17-28(26)34(40)44/h6-18H,19H2,1-5H3. The van der Waals surface area contributed by atoms with Gasteiger partial charge in [-0.1, -0.05) is 39.0 Å². The largest absolute Gasteiger partial charge is 0.465 e. The number of ether oxygens (including phenoxy) is 2. The lowest BCUT2D eigenvalue weighted by Gasteiger charge is -2.29. The number of imide groups is 2. The van der Waals surface area contributed by atoms with Crippen molar-refractivity contribution in [2.45, 2.75) is 38.0 Å². The Kier molecular flexibility index (Phi) is 6.76. The van der Waals surface area contributed by atoms with Gasteiger partial charge in [0.15, 0.2) is 0 Å². The molecular formula is C38H30N2O8. The fourth-order valence-electron chi connectivity index (χ4n) is 7.47. The van der Waals surface area contributed by atoms with Gasteiger partial charge in [-0.25, -0.2) is 19.4 Å². The third-order valence-corrected chi connectivity index (χ3v) is 9.76. The molecule has 3 aliphatic rings. The minimum atomic E-state index is -0.604. The highest BCUT2D eigenvalue weighted by molar-refractivity contribution is 6.35. The molecule has 2 heterocycles. The quantitative estimate of drug-likeness (QED) is 0.196. The molecule has 48 heavy (non-hydrogen) atoms. The average molecular weight is 643 g/mol. The van der Waals surface area contributed by atoms with Crippen LogP contribution in [0.5, 0.6) is 0 Å². The van der Waals surface area contributed by atoms with E-state index in [2.05, 4.69) is 20.8 Å². The summed E-state index contributed by atoms with van der Waals surface area (Å²) in [5, 5.41) is 0. The molecule has 0 aromatic heterocycles. The molecular weight excluding hydrogens is 612 g/mol. The van der Waals surface area contributed by atoms with Crippen molar-refractivity contribution in [2.75, 3.05) is 24.0 Å². The summed E-state index contributed by atoms with van der Waals surface area (Å²) in [5.41, 5.74) is 3.97. The van der Waals surface area contributed by atoms with Crippen molar-refractivity contribution in [3.63, 3.8) is 0 Å². The number of esters is 2. The molecule has 0 bridgehead atoms. The van der Waals surface area contributed by atoms with Gasteiger partial charge in [0.25, 0.3) is 23.6 Å². The second-order valence-electron chi connectivity index (χ2n) is 13.1. The second-order valence-corrected chi connectivity index (χ2v) is 13.1. The van der Waals surface area contributed by atoms with Crippen molar-refractivity contribution < 1.29 is 38.2 Å². The number of hydrogen-bond donors (Lipinski definition) is 0. The molecule has 0 saturated heterocycles. The summed E-state index contributed by atoms with van der Waals surface area (Å²) in [6.45, 7) is 6.38. The molecule has 1 aliphatic carbocycles. The normalized spacial score (nSPS) is 18.9. The number of amides is 4. The van der Waals surface area contributed by atoms with Crippen LogP contribution >= 0.6 is 0 Å². The smallest absolute Gasteiger partial charge is 0.337 e. The highest BCUT2D eigenvalue weighted by Gasteiger charge is 2.47.